The summed E-state index contributed by atoms with van der Waals surface area (Å²) in [7, 11) is 3.46. The number of carbonyl (C=O) groups excluding carboxylic acids is 1. The quantitative estimate of drug-likeness (QED) is 0.678. The molecule has 3 aromatic rings. The maximum atomic E-state index is 12.3. The van der Waals surface area contributed by atoms with Gasteiger partial charge in [-0.15, -0.1) is 10.2 Å². The summed E-state index contributed by atoms with van der Waals surface area (Å²) in [6, 6.07) is 2.21. The first-order valence-electron chi connectivity index (χ1n) is 9.87. The van der Waals surface area contributed by atoms with E-state index in [-0.39, 0.29) is 12.0 Å². The molecule has 1 aliphatic carbocycles. The Labute approximate surface area is 168 Å². The van der Waals surface area contributed by atoms with Gasteiger partial charge in [0.2, 0.25) is 5.95 Å². The first kappa shape index (κ1) is 19.1. The highest BCUT2D eigenvalue weighted by Gasteiger charge is 2.17. The first-order chi connectivity index (χ1) is 14.1. The number of nitrogens with one attached hydrogen (secondary N) is 1. The van der Waals surface area contributed by atoms with E-state index < -0.39 is 0 Å². The largest absolute Gasteiger partial charge is 0.324 e. The third-order valence-corrected chi connectivity index (χ3v) is 5.09. The third-order valence-electron chi connectivity index (χ3n) is 5.09. The summed E-state index contributed by atoms with van der Waals surface area (Å²) in [4.78, 5) is 18.0. The fourth-order valence-corrected chi connectivity index (χ4v) is 3.58. The predicted octanol–water partition coefficient (Wildman–Crippen LogP) is 1.82. The van der Waals surface area contributed by atoms with E-state index in [1.165, 1.54) is 37.0 Å². The van der Waals surface area contributed by atoms with Gasteiger partial charge in [0.05, 0.1) is 24.8 Å². The molecule has 11 heteroatoms. The van der Waals surface area contributed by atoms with E-state index in [1.807, 2.05) is 12.3 Å². The molecule has 0 aromatic carbocycles. The molecule has 1 N–H and O–H groups in total. The number of anilines is 1. The summed E-state index contributed by atoms with van der Waals surface area (Å²) in [5, 5.41) is 19.6. The van der Waals surface area contributed by atoms with Crippen molar-refractivity contribution in [2.45, 2.75) is 51.2 Å². The molecule has 0 radical (unpaired) electrons. The van der Waals surface area contributed by atoms with Crippen molar-refractivity contribution in [1.82, 2.24) is 44.4 Å². The molecule has 3 heterocycles. The third kappa shape index (κ3) is 4.79. The van der Waals surface area contributed by atoms with E-state index in [1.54, 1.807) is 36.0 Å². The predicted molar refractivity (Wildman–Crippen MR) is 105 cm³/mol. The van der Waals surface area contributed by atoms with E-state index in [0.717, 1.165) is 5.69 Å². The molecule has 1 saturated carbocycles. The van der Waals surface area contributed by atoms with Crippen molar-refractivity contribution in [2.75, 3.05) is 12.4 Å². The molecule has 0 unspecified atom stereocenters. The van der Waals surface area contributed by atoms with Gasteiger partial charge in [0.1, 0.15) is 12.0 Å². The lowest BCUT2D eigenvalue weighted by atomic mass is 9.96. The second-order valence-electron chi connectivity index (χ2n) is 7.51. The first-order valence-corrected chi connectivity index (χ1v) is 9.87. The number of amides is 2. The van der Waals surface area contributed by atoms with Crippen LogP contribution in [-0.2, 0) is 20.1 Å². The zero-order valence-corrected chi connectivity index (χ0v) is 16.8. The number of hydrogen-bond donors (Lipinski definition) is 1. The average Bonchev–Trinajstić information content (AvgIpc) is 3.45. The van der Waals surface area contributed by atoms with E-state index >= 15 is 0 Å². The highest BCUT2D eigenvalue weighted by atomic mass is 16.2. The van der Waals surface area contributed by atoms with Gasteiger partial charge in [-0.3, -0.25) is 14.7 Å². The van der Waals surface area contributed by atoms with E-state index in [4.69, 9.17) is 5.10 Å². The van der Waals surface area contributed by atoms with Crippen molar-refractivity contribution in [3.63, 3.8) is 0 Å². The molecule has 0 aliphatic heterocycles. The molecule has 0 spiro atoms. The summed E-state index contributed by atoms with van der Waals surface area (Å²) in [6.07, 6.45) is 11.7. The molecule has 4 rings (SSSR count). The topological polar surface area (TPSA) is 112 Å². The van der Waals surface area contributed by atoms with E-state index in [0.29, 0.717) is 24.8 Å². The second-order valence-corrected chi connectivity index (χ2v) is 7.51. The fraction of sp³-hybridized carbons (Fsp3) is 0.556. The van der Waals surface area contributed by atoms with Crippen molar-refractivity contribution < 1.29 is 4.79 Å². The van der Waals surface area contributed by atoms with Crippen molar-refractivity contribution in [3.05, 3.63) is 36.2 Å². The Balaban J connectivity index is 1.31. The van der Waals surface area contributed by atoms with Crippen LogP contribution in [0.5, 0.6) is 0 Å². The van der Waals surface area contributed by atoms with Crippen LogP contribution < -0.4 is 5.32 Å². The maximum Gasteiger partial charge on any atom is 0.324 e. The molecule has 154 valence electrons. The summed E-state index contributed by atoms with van der Waals surface area (Å²) in [6.45, 7) is 0.858. The zero-order chi connectivity index (χ0) is 20.2. The molecular weight excluding hydrogens is 372 g/mol. The van der Waals surface area contributed by atoms with Crippen LogP contribution in [0.25, 0.3) is 0 Å². The lowest BCUT2D eigenvalue weighted by Crippen LogP contribution is -2.31. The van der Waals surface area contributed by atoms with Crippen LogP contribution in [-0.4, -0.2) is 57.5 Å². The highest BCUT2D eigenvalue weighted by molar-refractivity contribution is 5.87. The smallest absolute Gasteiger partial charge is 0.321 e. The lowest BCUT2D eigenvalue weighted by Gasteiger charge is -2.21. The fourth-order valence-electron chi connectivity index (χ4n) is 3.58. The number of carbonyl (C=O) groups is 1. The Morgan fingerprint density at radius 3 is 2.83 bits per heavy atom. The Morgan fingerprint density at radius 1 is 1.24 bits per heavy atom. The number of aromatic nitrogens is 8. The normalized spacial score (nSPS) is 14.8. The van der Waals surface area contributed by atoms with Crippen LogP contribution >= 0.6 is 0 Å². The van der Waals surface area contributed by atoms with Gasteiger partial charge >= 0.3 is 6.03 Å². The number of rotatable bonds is 6. The van der Waals surface area contributed by atoms with Crippen molar-refractivity contribution in [1.29, 1.82) is 0 Å². The Morgan fingerprint density at radius 2 is 2.07 bits per heavy atom. The van der Waals surface area contributed by atoms with Gasteiger partial charge in [-0.2, -0.15) is 5.10 Å². The number of aryl methyl sites for hydroxylation is 1. The van der Waals surface area contributed by atoms with Gasteiger partial charge < -0.3 is 4.90 Å². The molecule has 1 fully saturated rings. The minimum Gasteiger partial charge on any atom is -0.321 e. The van der Waals surface area contributed by atoms with Crippen LogP contribution in [0, 0.1) is 0 Å². The van der Waals surface area contributed by atoms with Crippen LogP contribution in [0.15, 0.2) is 24.8 Å². The van der Waals surface area contributed by atoms with Crippen LogP contribution in [0.2, 0.25) is 0 Å². The maximum absolute atomic E-state index is 12.3. The molecule has 2 amide bonds. The molecular formula is C18H26N10O. The average molecular weight is 398 g/mol. The van der Waals surface area contributed by atoms with Gasteiger partial charge in [-0.05, 0) is 18.9 Å². The van der Waals surface area contributed by atoms with Crippen LogP contribution in [0.3, 0.4) is 0 Å². The van der Waals surface area contributed by atoms with Gasteiger partial charge in [0.15, 0.2) is 0 Å². The monoisotopic (exact) mass is 398 g/mol. The summed E-state index contributed by atoms with van der Waals surface area (Å²) in [5.74, 6) is 0.257. The minimum absolute atomic E-state index is 0.257. The van der Waals surface area contributed by atoms with Crippen LogP contribution in [0.1, 0.15) is 49.5 Å². The van der Waals surface area contributed by atoms with Gasteiger partial charge in [-0.25, -0.2) is 14.5 Å². The van der Waals surface area contributed by atoms with Gasteiger partial charge in [-0.1, -0.05) is 24.5 Å². The Kier molecular flexibility index (Phi) is 5.54. The molecule has 3 aromatic heterocycles. The second kappa shape index (κ2) is 8.41. The van der Waals surface area contributed by atoms with Crippen molar-refractivity contribution in [3.8, 4) is 0 Å². The highest BCUT2D eigenvalue weighted by Crippen LogP contribution is 2.27. The molecule has 1 aliphatic rings. The van der Waals surface area contributed by atoms with Crippen LogP contribution in [0.4, 0.5) is 10.7 Å². The van der Waals surface area contributed by atoms with Crippen molar-refractivity contribution in [2.24, 2.45) is 7.05 Å². The molecule has 0 bridgehead atoms. The Bertz CT molecular complexity index is 951. The zero-order valence-electron chi connectivity index (χ0n) is 16.8. The number of urea groups is 1. The summed E-state index contributed by atoms with van der Waals surface area (Å²) < 4.78 is 5.35. The Hall–Kier alpha value is -3.24. The van der Waals surface area contributed by atoms with E-state index in [9.17, 15) is 4.79 Å². The van der Waals surface area contributed by atoms with Crippen molar-refractivity contribution >= 4 is 12.0 Å². The molecule has 11 nitrogen and oxygen atoms in total. The van der Waals surface area contributed by atoms with Gasteiger partial charge in [0, 0.05) is 26.5 Å². The number of nitrogens with zero attached hydrogens (tertiary/aromatic N) is 9. The minimum atomic E-state index is -0.310. The lowest BCUT2D eigenvalue weighted by molar-refractivity contribution is 0.220. The summed E-state index contributed by atoms with van der Waals surface area (Å²) in [5.41, 5.74) is 1.63. The van der Waals surface area contributed by atoms with E-state index in [2.05, 4.69) is 30.4 Å². The molecule has 0 atom stereocenters. The molecule has 29 heavy (non-hydrogen) atoms. The summed E-state index contributed by atoms with van der Waals surface area (Å²) >= 11 is 0. The number of hydrogen-bond acceptors (Lipinski definition) is 6. The van der Waals surface area contributed by atoms with Gasteiger partial charge in [0.25, 0.3) is 0 Å². The standard InChI is InChI=1S/C18H26N10O/c1-25(10-15-11-26(2)24-21-15)18(29)20-17-19-13-27(23-17)12-14-8-9-28(22-14)16-6-4-3-5-7-16/h8-9,11,13,16H,3-7,10,12H2,1-2H3,(H,20,23,29). The molecule has 0 saturated heterocycles. The SMILES string of the molecule is CN(Cc1cn(C)nn1)C(=O)Nc1ncn(Cc2ccn(C3CCCCC3)n2)n1.